The van der Waals surface area contributed by atoms with Gasteiger partial charge < -0.3 is 25.6 Å². The highest BCUT2D eigenvalue weighted by molar-refractivity contribution is 6.04. The molecule has 0 bridgehead atoms. The van der Waals surface area contributed by atoms with Gasteiger partial charge in [0.15, 0.2) is 0 Å². The summed E-state index contributed by atoms with van der Waals surface area (Å²) in [6.45, 7) is 12.2. The van der Waals surface area contributed by atoms with Gasteiger partial charge in [-0.1, -0.05) is 32.9 Å². The summed E-state index contributed by atoms with van der Waals surface area (Å²) < 4.78 is 5.37. The lowest BCUT2D eigenvalue weighted by Gasteiger charge is -2.33. The molecule has 3 rings (SSSR count). The summed E-state index contributed by atoms with van der Waals surface area (Å²) in [5, 5.41) is 8.75. The molecule has 1 aliphatic rings. The van der Waals surface area contributed by atoms with E-state index in [-0.39, 0.29) is 11.9 Å². The molecule has 1 fully saturated rings. The summed E-state index contributed by atoms with van der Waals surface area (Å²) in [4.78, 5) is 28.0. The molecule has 0 radical (unpaired) electrons. The van der Waals surface area contributed by atoms with Gasteiger partial charge in [0.2, 0.25) is 0 Å². The molecular weight excluding hydrogens is 440 g/mol. The van der Waals surface area contributed by atoms with Gasteiger partial charge in [-0.15, -0.1) is 0 Å². The van der Waals surface area contributed by atoms with Crippen molar-refractivity contribution in [2.75, 3.05) is 48.4 Å². The van der Waals surface area contributed by atoms with Crippen LogP contribution in [0.4, 0.5) is 21.9 Å². The number of urea groups is 1. The molecule has 2 aromatic carbocycles. The second kappa shape index (κ2) is 13.1. The van der Waals surface area contributed by atoms with E-state index in [9.17, 15) is 9.59 Å². The van der Waals surface area contributed by atoms with Crippen molar-refractivity contribution < 1.29 is 14.3 Å². The minimum atomic E-state index is -0.343. The van der Waals surface area contributed by atoms with Gasteiger partial charge in [-0.05, 0) is 73.9 Å². The second-order valence-electron chi connectivity index (χ2n) is 9.56. The predicted octanol–water partition coefficient (Wildman–Crippen LogP) is 5.85. The van der Waals surface area contributed by atoms with Crippen LogP contribution >= 0.6 is 0 Å². The maximum absolute atomic E-state index is 13.1. The standard InChI is InChI=1S/C28H40N4O3/c1-5-35-18-6-15-29-27(33)25-19-24(11-12-26(25)32-16-13-21(4)14-17-32)31-28(34)30-23-9-7-22(8-10-23)20(2)3/h7-12,19-21H,5-6,13-18H2,1-4H3,(H,29,33)(H2,30,31,34). The van der Waals surface area contributed by atoms with E-state index in [1.807, 2.05) is 43.3 Å². The minimum Gasteiger partial charge on any atom is -0.382 e. The zero-order valence-electron chi connectivity index (χ0n) is 21.5. The first-order valence-corrected chi connectivity index (χ1v) is 12.8. The Morgan fingerprint density at radius 3 is 2.34 bits per heavy atom. The number of carbonyl (C=O) groups excluding carboxylic acids is 2. The molecule has 3 N–H and O–H groups in total. The molecule has 3 amide bonds. The van der Waals surface area contributed by atoms with Gasteiger partial charge >= 0.3 is 6.03 Å². The highest BCUT2D eigenvalue weighted by Crippen LogP contribution is 2.29. The molecule has 35 heavy (non-hydrogen) atoms. The van der Waals surface area contributed by atoms with Crippen LogP contribution in [0.15, 0.2) is 42.5 Å². The number of hydrogen-bond acceptors (Lipinski definition) is 4. The van der Waals surface area contributed by atoms with Gasteiger partial charge in [0.1, 0.15) is 0 Å². The number of nitrogens with zero attached hydrogens (tertiary/aromatic N) is 1. The maximum atomic E-state index is 13.1. The van der Waals surface area contributed by atoms with E-state index in [1.165, 1.54) is 5.56 Å². The van der Waals surface area contributed by atoms with Gasteiger partial charge in [-0.3, -0.25) is 4.79 Å². The van der Waals surface area contributed by atoms with Gasteiger partial charge in [0, 0.05) is 49.9 Å². The lowest BCUT2D eigenvalue weighted by Crippen LogP contribution is -2.35. The maximum Gasteiger partial charge on any atom is 0.323 e. The van der Waals surface area contributed by atoms with Crippen LogP contribution in [0.25, 0.3) is 0 Å². The molecule has 0 aliphatic carbocycles. The Labute approximate surface area is 209 Å². The average molecular weight is 481 g/mol. The normalized spacial score (nSPS) is 14.1. The lowest BCUT2D eigenvalue weighted by molar-refractivity contribution is 0.0944. The summed E-state index contributed by atoms with van der Waals surface area (Å²) in [6, 6.07) is 13.1. The largest absolute Gasteiger partial charge is 0.382 e. The van der Waals surface area contributed by atoms with Crippen molar-refractivity contribution in [3.05, 3.63) is 53.6 Å². The first-order valence-electron chi connectivity index (χ1n) is 12.8. The lowest BCUT2D eigenvalue weighted by atomic mass is 9.98. The first kappa shape index (κ1) is 26.5. The third-order valence-electron chi connectivity index (χ3n) is 6.41. The van der Waals surface area contributed by atoms with Crippen LogP contribution in [0.5, 0.6) is 0 Å². The number of nitrogens with one attached hydrogen (secondary N) is 3. The van der Waals surface area contributed by atoms with E-state index in [0.29, 0.717) is 42.8 Å². The van der Waals surface area contributed by atoms with Crippen LogP contribution in [-0.2, 0) is 4.74 Å². The zero-order chi connectivity index (χ0) is 25.2. The highest BCUT2D eigenvalue weighted by Gasteiger charge is 2.22. The van der Waals surface area contributed by atoms with Crippen LogP contribution in [0.1, 0.15) is 68.8 Å². The topological polar surface area (TPSA) is 82.7 Å². The first-order chi connectivity index (χ1) is 16.9. The molecule has 0 spiro atoms. The third kappa shape index (κ3) is 7.99. The minimum absolute atomic E-state index is 0.136. The number of rotatable bonds is 10. The molecule has 190 valence electrons. The molecule has 0 atom stereocenters. The Bertz CT molecular complexity index is 967. The molecule has 1 aliphatic heterocycles. The number of hydrogen-bond donors (Lipinski definition) is 3. The molecule has 0 saturated carbocycles. The number of ether oxygens (including phenoxy) is 1. The molecule has 2 aromatic rings. The third-order valence-corrected chi connectivity index (χ3v) is 6.41. The van der Waals surface area contributed by atoms with E-state index in [0.717, 1.165) is 43.7 Å². The van der Waals surface area contributed by atoms with E-state index in [4.69, 9.17) is 4.74 Å². The Balaban J connectivity index is 1.70. The second-order valence-corrected chi connectivity index (χ2v) is 9.56. The molecule has 7 nitrogen and oxygen atoms in total. The summed E-state index contributed by atoms with van der Waals surface area (Å²) in [7, 11) is 0. The van der Waals surface area contributed by atoms with E-state index >= 15 is 0 Å². The van der Waals surface area contributed by atoms with Crippen LogP contribution in [0.2, 0.25) is 0 Å². The number of anilines is 3. The number of benzene rings is 2. The summed E-state index contributed by atoms with van der Waals surface area (Å²) in [5.41, 5.74) is 4.01. The monoisotopic (exact) mass is 480 g/mol. The Morgan fingerprint density at radius 1 is 1.03 bits per heavy atom. The van der Waals surface area contributed by atoms with Gasteiger partial charge in [0.05, 0.1) is 5.56 Å². The highest BCUT2D eigenvalue weighted by atomic mass is 16.5. The van der Waals surface area contributed by atoms with Gasteiger partial charge in [-0.25, -0.2) is 4.79 Å². The van der Waals surface area contributed by atoms with Crippen molar-refractivity contribution in [2.24, 2.45) is 5.92 Å². The van der Waals surface area contributed by atoms with Crippen LogP contribution < -0.4 is 20.9 Å². The summed E-state index contributed by atoms with van der Waals surface area (Å²) in [5.74, 6) is 0.994. The van der Waals surface area contributed by atoms with Gasteiger partial charge in [-0.2, -0.15) is 0 Å². The molecule has 1 heterocycles. The van der Waals surface area contributed by atoms with E-state index in [1.54, 1.807) is 6.07 Å². The van der Waals surface area contributed by atoms with Crippen LogP contribution in [0.3, 0.4) is 0 Å². The Kier molecular flexibility index (Phi) is 9.97. The smallest absolute Gasteiger partial charge is 0.323 e. The Morgan fingerprint density at radius 2 is 1.69 bits per heavy atom. The molecule has 7 heteroatoms. The van der Waals surface area contributed by atoms with Crippen molar-refractivity contribution in [3.63, 3.8) is 0 Å². The molecular formula is C28H40N4O3. The SMILES string of the molecule is CCOCCCNC(=O)c1cc(NC(=O)Nc2ccc(C(C)C)cc2)ccc1N1CCC(C)CC1. The van der Waals surface area contributed by atoms with Crippen molar-refractivity contribution in [1.29, 1.82) is 0 Å². The fraction of sp³-hybridized carbons (Fsp3) is 0.500. The van der Waals surface area contributed by atoms with E-state index in [2.05, 4.69) is 41.6 Å². The zero-order valence-corrected chi connectivity index (χ0v) is 21.5. The fourth-order valence-electron chi connectivity index (χ4n) is 4.18. The van der Waals surface area contributed by atoms with Crippen molar-refractivity contribution in [2.45, 2.75) is 52.9 Å². The average Bonchev–Trinajstić information content (AvgIpc) is 2.84. The van der Waals surface area contributed by atoms with E-state index < -0.39 is 0 Å². The quantitative estimate of drug-likeness (QED) is 0.373. The van der Waals surface area contributed by atoms with Crippen molar-refractivity contribution >= 4 is 29.0 Å². The van der Waals surface area contributed by atoms with Crippen LogP contribution in [0, 0.1) is 5.92 Å². The number of amides is 3. The molecule has 1 saturated heterocycles. The summed E-state index contributed by atoms with van der Waals surface area (Å²) in [6.07, 6.45) is 2.97. The fourth-order valence-corrected chi connectivity index (χ4v) is 4.18. The van der Waals surface area contributed by atoms with Crippen molar-refractivity contribution in [1.82, 2.24) is 5.32 Å². The summed E-state index contributed by atoms with van der Waals surface area (Å²) >= 11 is 0. The predicted molar refractivity (Wildman–Crippen MR) is 144 cm³/mol. The van der Waals surface area contributed by atoms with Crippen LogP contribution in [-0.4, -0.2) is 44.8 Å². The molecule has 0 unspecified atom stereocenters. The number of carbonyl (C=O) groups is 2. The Hall–Kier alpha value is -3.06. The molecule has 0 aromatic heterocycles. The number of piperidine rings is 1. The van der Waals surface area contributed by atoms with Gasteiger partial charge in [0.25, 0.3) is 5.91 Å². The van der Waals surface area contributed by atoms with Crippen molar-refractivity contribution in [3.8, 4) is 0 Å².